The van der Waals surface area contributed by atoms with Gasteiger partial charge in [0, 0.05) is 26.2 Å². The van der Waals surface area contributed by atoms with E-state index in [0.717, 1.165) is 6.07 Å². The predicted octanol–water partition coefficient (Wildman–Crippen LogP) is 2.05. The monoisotopic (exact) mass is 392 g/mol. The lowest BCUT2D eigenvalue weighted by molar-refractivity contribution is -0.134. The fourth-order valence-electron chi connectivity index (χ4n) is 2.86. The van der Waals surface area contributed by atoms with Crippen molar-refractivity contribution in [1.82, 2.24) is 9.21 Å². The van der Waals surface area contributed by atoms with E-state index in [1.165, 1.54) is 23.4 Å². The molecule has 2 aromatic carbocycles. The number of halogens is 1. The van der Waals surface area contributed by atoms with Gasteiger partial charge in [0.25, 0.3) is 5.91 Å². The lowest BCUT2D eigenvalue weighted by atomic mass is 10.2. The van der Waals surface area contributed by atoms with E-state index in [4.69, 9.17) is 4.74 Å². The van der Waals surface area contributed by atoms with E-state index in [1.54, 1.807) is 17.0 Å². The highest BCUT2D eigenvalue weighted by atomic mass is 32.2. The Balaban J connectivity index is 1.57. The minimum absolute atomic E-state index is 0.0635. The van der Waals surface area contributed by atoms with E-state index >= 15 is 0 Å². The molecule has 0 atom stereocenters. The summed E-state index contributed by atoms with van der Waals surface area (Å²) in [4.78, 5) is 13.9. The summed E-state index contributed by atoms with van der Waals surface area (Å²) in [7, 11) is -3.71. The summed E-state index contributed by atoms with van der Waals surface area (Å²) in [6.07, 6.45) is 0. The number of hydrogen-bond acceptors (Lipinski definition) is 4. The molecule has 0 bridgehead atoms. The van der Waals surface area contributed by atoms with Gasteiger partial charge in [0.15, 0.2) is 6.61 Å². The molecular weight excluding hydrogens is 371 g/mol. The second kappa shape index (κ2) is 8.06. The van der Waals surface area contributed by atoms with Gasteiger partial charge in [-0.3, -0.25) is 4.79 Å². The molecule has 0 radical (unpaired) electrons. The van der Waals surface area contributed by atoms with Gasteiger partial charge < -0.3 is 9.64 Å². The van der Waals surface area contributed by atoms with Gasteiger partial charge in [-0.05, 0) is 42.8 Å². The van der Waals surface area contributed by atoms with Crippen molar-refractivity contribution in [2.45, 2.75) is 11.8 Å². The van der Waals surface area contributed by atoms with Crippen molar-refractivity contribution in [2.75, 3.05) is 32.8 Å². The maximum atomic E-state index is 13.4. The first-order chi connectivity index (χ1) is 12.9. The van der Waals surface area contributed by atoms with Crippen molar-refractivity contribution in [3.63, 3.8) is 0 Å². The molecular formula is C19H21FN2O4S. The van der Waals surface area contributed by atoms with Crippen molar-refractivity contribution < 1.29 is 22.3 Å². The molecule has 1 aliphatic rings. The number of nitrogens with zero attached hydrogens (tertiary/aromatic N) is 2. The number of amides is 1. The van der Waals surface area contributed by atoms with Crippen LogP contribution in [0.2, 0.25) is 0 Å². The number of hydrogen-bond donors (Lipinski definition) is 0. The van der Waals surface area contributed by atoms with E-state index in [1.807, 2.05) is 18.2 Å². The van der Waals surface area contributed by atoms with Gasteiger partial charge in [0.1, 0.15) is 11.6 Å². The average molecular weight is 392 g/mol. The van der Waals surface area contributed by atoms with Crippen molar-refractivity contribution >= 4 is 15.9 Å². The largest absolute Gasteiger partial charge is 0.484 e. The molecule has 1 heterocycles. The average Bonchev–Trinajstić information content (AvgIpc) is 2.69. The minimum Gasteiger partial charge on any atom is -0.484 e. The van der Waals surface area contributed by atoms with Gasteiger partial charge in [-0.15, -0.1) is 0 Å². The third-order valence-corrected chi connectivity index (χ3v) is 6.36. The van der Waals surface area contributed by atoms with Crippen LogP contribution in [0.1, 0.15) is 5.56 Å². The van der Waals surface area contributed by atoms with Crippen molar-refractivity contribution in [3.05, 3.63) is 59.9 Å². The lowest BCUT2D eigenvalue weighted by Gasteiger charge is -2.34. The second-order valence-corrected chi connectivity index (χ2v) is 8.24. The summed E-state index contributed by atoms with van der Waals surface area (Å²) in [6, 6.07) is 12.8. The van der Waals surface area contributed by atoms with Crippen LogP contribution in [-0.4, -0.2) is 56.3 Å². The number of para-hydroxylation sites is 1. The first-order valence-electron chi connectivity index (χ1n) is 8.60. The standard InChI is InChI=1S/C19H21FN2O4S/c1-15-13-17(7-8-18(15)20)27(24,25)22-11-9-21(10-12-22)19(23)14-26-16-5-3-2-4-6-16/h2-8,13H,9-12,14H2,1H3. The van der Waals surface area contributed by atoms with Crippen LogP contribution >= 0.6 is 0 Å². The van der Waals surface area contributed by atoms with Crippen LogP contribution in [-0.2, 0) is 14.8 Å². The smallest absolute Gasteiger partial charge is 0.260 e. The van der Waals surface area contributed by atoms with Crippen molar-refractivity contribution in [3.8, 4) is 5.75 Å². The molecule has 1 saturated heterocycles. The number of ether oxygens (including phenoxy) is 1. The predicted molar refractivity (Wildman–Crippen MR) is 98.4 cm³/mol. The quantitative estimate of drug-likeness (QED) is 0.781. The van der Waals surface area contributed by atoms with E-state index in [0.29, 0.717) is 5.75 Å². The van der Waals surface area contributed by atoms with Gasteiger partial charge in [0.05, 0.1) is 4.90 Å². The molecule has 1 fully saturated rings. The third kappa shape index (κ3) is 4.45. The molecule has 2 aromatic rings. The first-order valence-corrected chi connectivity index (χ1v) is 10.0. The van der Waals surface area contributed by atoms with Crippen LogP contribution in [0.4, 0.5) is 4.39 Å². The molecule has 0 aromatic heterocycles. The number of rotatable bonds is 5. The van der Waals surface area contributed by atoms with Gasteiger partial charge in [-0.25, -0.2) is 12.8 Å². The summed E-state index contributed by atoms with van der Waals surface area (Å²) in [6.45, 7) is 2.39. The van der Waals surface area contributed by atoms with Crippen molar-refractivity contribution in [2.24, 2.45) is 0 Å². The molecule has 6 nitrogen and oxygen atoms in total. The Morgan fingerprint density at radius 3 is 2.37 bits per heavy atom. The Morgan fingerprint density at radius 2 is 1.74 bits per heavy atom. The highest BCUT2D eigenvalue weighted by Crippen LogP contribution is 2.20. The highest BCUT2D eigenvalue weighted by molar-refractivity contribution is 7.89. The first kappa shape index (κ1) is 19.3. The van der Waals surface area contributed by atoms with E-state index < -0.39 is 15.8 Å². The summed E-state index contributed by atoms with van der Waals surface area (Å²) >= 11 is 0. The molecule has 0 unspecified atom stereocenters. The van der Waals surface area contributed by atoms with Gasteiger partial charge in [-0.1, -0.05) is 18.2 Å². The zero-order chi connectivity index (χ0) is 19.4. The maximum absolute atomic E-state index is 13.4. The molecule has 1 aliphatic heterocycles. The number of benzene rings is 2. The summed E-state index contributed by atoms with van der Waals surface area (Å²) in [5.74, 6) is -0.0185. The molecule has 144 valence electrons. The number of aryl methyl sites for hydroxylation is 1. The number of sulfonamides is 1. The zero-order valence-corrected chi connectivity index (χ0v) is 15.8. The normalized spacial score (nSPS) is 15.6. The Morgan fingerprint density at radius 1 is 1.07 bits per heavy atom. The summed E-state index contributed by atoms with van der Waals surface area (Å²) in [5.41, 5.74) is 0.281. The lowest BCUT2D eigenvalue weighted by Crippen LogP contribution is -2.51. The topological polar surface area (TPSA) is 66.9 Å². The van der Waals surface area contributed by atoms with Crippen LogP contribution in [0.15, 0.2) is 53.4 Å². The highest BCUT2D eigenvalue weighted by Gasteiger charge is 2.30. The molecule has 0 N–H and O–H groups in total. The number of carbonyl (C=O) groups is 1. The Kier molecular flexibility index (Phi) is 5.76. The molecule has 1 amide bonds. The van der Waals surface area contributed by atoms with E-state index in [-0.39, 0.29) is 49.2 Å². The van der Waals surface area contributed by atoms with Crippen molar-refractivity contribution in [1.29, 1.82) is 0 Å². The fraction of sp³-hybridized carbons (Fsp3) is 0.316. The number of piperazine rings is 1. The third-order valence-electron chi connectivity index (χ3n) is 4.46. The molecule has 0 spiro atoms. The Hall–Kier alpha value is -2.45. The number of carbonyl (C=O) groups excluding carboxylic acids is 1. The summed E-state index contributed by atoms with van der Waals surface area (Å²) in [5, 5.41) is 0. The van der Waals surface area contributed by atoms with Crippen LogP contribution in [0.25, 0.3) is 0 Å². The SMILES string of the molecule is Cc1cc(S(=O)(=O)N2CCN(C(=O)COc3ccccc3)CC2)ccc1F. The van der Waals surface area contributed by atoms with Crippen LogP contribution in [0, 0.1) is 12.7 Å². The Labute approximate surface area is 158 Å². The zero-order valence-electron chi connectivity index (χ0n) is 15.0. The fourth-order valence-corrected chi connectivity index (χ4v) is 4.37. The van der Waals surface area contributed by atoms with Gasteiger partial charge in [0.2, 0.25) is 10.0 Å². The van der Waals surface area contributed by atoms with Crippen LogP contribution in [0.3, 0.4) is 0 Å². The van der Waals surface area contributed by atoms with E-state index in [2.05, 4.69) is 0 Å². The second-order valence-electron chi connectivity index (χ2n) is 6.30. The van der Waals surface area contributed by atoms with Gasteiger partial charge in [-0.2, -0.15) is 4.31 Å². The maximum Gasteiger partial charge on any atom is 0.260 e. The van der Waals surface area contributed by atoms with Crippen LogP contribution in [0.5, 0.6) is 5.75 Å². The molecule has 27 heavy (non-hydrogen) atoms. The molecule has 0 saturated carbocycles. The minimum atomic E-state index is -3.71. The van der Waals surface area contributed by atoms with E-state index in [9.17, 15) is 17.6 Å². The summed E-state index contributed by atoms with van der Waals surface area (Å²) < 4.78 is 45.6. The molecule has 0 aliphatic carbocycles. The molecule has 8 heteroatoms. The molecule has 3 rings (SSSR count). The Bertz CT molecular complexity index is 911. The van der Waals surface area contributed by atoms with Crippen LogP contribution < -0.4 is 4.74 Å². The van der Waals surface area contributed by atoms with Gasteiger partial charge >= 0.3 is 0 Å².